The molecule has 1 aliphatic heterocycles. The number of carbonyl (C=O) groups is 1. The van der Waals surface area contributed by atoms with Crippen LogP contribution >= 0.6 is 0 Å². The number of benzene rings is 1. The van der Waals surface area contributed by atoms with E-state index < -0.39 is 0 Å². The maximum atomic E-state index is 12.5. The van der Waals surface area contributed by atoms with Gasteiger partial charge in [-0.1, -0.05) is 6.92 Å². The molecule has 1 heterocycles. The van der Waals surface area contributed by atoms with Gasteiger partial charge in [0, 0.05) is 18.7 Å². The number of nitrogen functional groups attached to an aromatic ring is 1. The number of likely N-dealkylation sites (tertiary alicyclic amines) is 1. The van der Waals surface area contributed by atoms with E-state index in [1.54, 1.807) is 12.1 Å². The van der Waals surface area contributed by atoms with Gasteiger partial charge in [0.2, 0.25) is 0 Å². The molecule has 5 nitrogen and oxygen atoms in total. The van der Waals surface area contributed by atoms with Crippen LogP contribution < -0.4 is 15.2 Å². The fourth-order valence-electron chi connectivity index (χ4n) is 2.51. The Bertz CT molecular complexity index is 494. The molecule has 1 aliphatic rings. The fraction of sp³-hybridized carbons (Fsp3) is 0.533. The third-order valence-electron chi connectivity index (χ3n) is 3.83. The molecule has 1 aromatic rings. The summed E-state index contributed by atoms with van der Waals surface area (Å²) in [6, 6.07) is 3.34. The summed E-state index contributed by atoms with van der Waals surface area (Å²) in [5, 5.41) is 0. The lowest BCUT2D eigenvalue weighted by atomic mass is 9.98. The molecule has 0 bridgehead atoms. The number of nitrogens with zero attached hydrogens (tertiary/aromatic N) is 1. The first-order valence-electron chi connectivity index (χ1n) is 6.87. The van der Waals surface area contributed by atoms with Crippen molar-refractivity contribution in [2.75, 3.05) is 33.0 Å². The predicted molar refractivity (Wildman–Crippen MR) is 78.3 cm³/mol. The highest BCUT2D eigenvalue weighted by molar-refractivity contribution is 5.96. The molecule has 0 aromatic heterocycles. The van der Waals surface area contributed by atoms with Gasteiger partial charge in [0.25, 0.3) is 5.91 Å². The predicted octanol–water partition coefficient (Wildman–Crippen LogP) is 2.16. The Morgan fingerprint density at radius 2 is 1.90 bits per heavy atom. The number of hydrogen-bond acceptors (Lipinski definition) is 4. The SMILES string of the molecule is COc1cc(C(=O)N2CCC(C)CC2)cc(N)c1OC. The van der Waals surface area contributed by atoms with E-state index in [0.29, 0.717) is 28.7 Å². The second-order valence-corrected chi connectivity index (χ2v) is 5.28. The van der Waals surface area contributed by atoms with Gasteiger partial charge in [-0.25, -0.2) is 0 Å². The van der Waals surface area contributed by atoms with Crippen LogP contribution in [0, 0.1) is 5.92 Å². The number of ether oxygens (including phenoxy) is 2. The second kappa shape index (κ2) is 6.03. The van der Waals surface area contributed by atoms with Gasteiger partial charge in [-0.15, -0.1) is 0 Å². The van der Waals surface area contributed by atoms with Crippen LogP contribution in [0.3, 0.4) is 0 Å². The molecule has 0 spiro atoms. The summed E-state index contributed by atoms with van der Waals surface area (Å²) in [6.45, 7) is 3.82. The quantitative estimate of drug-likeness (QED) is 0.860. The maximum absolute atomic E-state index is 12.5. The molecule has 1 aromatic carbocycles. The monoisotopic (exact) mass is 278 g/mol. The van der Waals surface area contributed by atoms with E-state index in [9.17, 15) is 4.79 Å². The highest BCUT2D eigenvalue weighted by Gasteiger charge is 2.23. The molecule has 2 N–H and O–H groups in total. The molecule has 1 saturated heterocycles. The first-order chi connectivity index (χ1) is 9.56. The van der Waals surface area contributed by atoms with Crippen LogP contribution in [0.1, 0.15) is 30.1 Å². The lowest BCUT2D eigenvalue weighted by Crippen LogP contribution is -2.37. The van der Waals surface area contributed by atoms with Crippen LogP contribution in [0.4, 0.5) is 5.69 Å². The molecule has 20 heavy (non-hydrogen) atoms. The summed E-state index contributed by atoms with van der Waals surface area (Å²) < 4.78 is 10.4. The summed E-state index contributed by atoms with van der Waals surface area (Å²) >= 11 is 0. The van der Waals surface area contributed by atoms with Gasteiger partial charge in [0.05, 0.1) is 19.9 Å². The maximum Gasteiger partial charge on any atom is 0.254 e. The van der Waals surface area contributed by atoms with Gasteiger partial charge in [0.15, 0.2) is 11.5 Å². The molecule has 0 saturated carbocycles. The van der Waals surface area contributed by atoms with Gasteiger partial charge < -0.3 is 20.1 Å². The zero-order valence-electron chi connectivity index (χ0n) is 12.3. The lowest BCUT2D eigenvalue weighted by Gasteiger charge is -2.30. The van der Waals surface area contributed by atoms with E-state index in [1.807, 2.05) is 4.90 Å². The summed E-state index contributed by atoms with van der Waals surface area (Å²) in [7, 11) is 3.07. The van der Waals surface area contributed by atoms with Crippen molar-refractivity contribution in [2.45, 2.75) is 19.8 Å². The molecule has 0 unspecified atom stereocenters. The zero-order chi connectivity index (χ0) is 14.7. The number of methoxy groups -OCH3 is 2. The molecular formula is C15H22N2O3. The van der Waals surface area contributed by atoms with Crippen molar-refractivity contribution in [3.8, 4) is 11.5 Å². The van der Waals surface area contributed by atoms with E-state index >= 15 is 0 Å². The number of nitrogens with two attached hydrogens (primary N) is 1. The highest BCUT2D eigenvalue weighted by Crippen LogP contribution is 2.35. The van der Waals surface area contributed by atoms with Gasteiger partial charge in [0.1, 0.15) is 0 Å². The van der Waals surface area contributed by atoms with Gasteiger partial charge in [-0.05, 0) is 30.9 Å². The van der Waals surface area contributed by atoms with E-state index in [-0.39, 0.29) is 5.91 Å². The lowest BCUT2D eigenvalue weighted by molar-refractivity contribution is 0.0697. The Kier molecular flexibility index (Phi) is 4.37. The smallest absolute Gasteiger partial charge is 0.254 e. The minimum absolute atomic E-state index is 0.00422. The molecule has 0 radical (unpaired) electrons. The highest BCUT2D eigenvalue weighted by atomic mass is 16.5. The van der Waals surface area contributed by atoms with E-state index in [4.69, 9.17) is 15.2 Å². The van der Waals surface area contributed by atoms with Crippen molar-refractivity contribution < 1.29 is 14.3 Å². The standard InChI is InChI=1S/C15H22N2O3/c1-10-4-6-17(7-5-10)15(18)11-8-12(16)14(20-3)13(9-11)19-2/h8-10H,4-7,16H2,1-3H3. The molecule has 0 atom stereocenters. The van der Waals surface area contributed by atoms with E-state index in [0.717, 1.165) is 25.9 Å². The molecule has 5 heteroatoms. The summed E-state index contributed by atoms with van der Waals surface area (Å²) in [5.41, 5.74) is 6.89. The molecule has 0 aliphatic carbocycles. The average Bonchev–Trinajstić information content (AvgIpc) is 2.46. The van der Waals surface area contributed by atoms with Crippen LogP contribution in [-0.4, -0.2) is 38.1 Å². The van der Waals surface area contributed by atoms with Crippen molar-refractivity contribution in [3.05, 3.63) is 17.7 Å². The minimum Gasteiger partial charge on any atom is -0.493 e. The number of rotatable bonds is 3. The number of amides is 1. The Morgan fingerprint density at radius 3 is 2.45 bits per heavy atom. The van der Waals surface area contributed by atoms with E-state index in [1.165, 1.54) is 14.2 Å². The van der Waals surface area contributed by atoms with Crippen LogP contribution in [0.2, 0.25) is 0 Å². The molecule has 110 valence electrons. The number of carbonyl (C=O) groups excluding carboxylic acids is 1. The first kappa shape index (κ1) is 14.5. The molecule has 1 fully saturated rings. The third-order valence-corrected chi connectivity index (χ3v) is 3.83. The van der Waals surface area contributed by atoms with Crippen molar-refractivity contribution in [1.82, 2.24) is 4.90 Å². The summed E-state index contributed by atoms with van der Waals surface area (Å²) in [5.74, 6) is 1.65. The van der Waals surface area contributed by atoms with Crippen molar-refractivity contribution >= 4 is 11.6 Å². The average molecular weight is 278 g/mol. The van der Waals surface area contributed by atoms with Crippen molar-refractivity contribution in [2.24, 2.45) is 5.92 Å². The van der Waals surface area contributed by atoms with Crippen LogP contribution in [0.15, 0.2) is 12.1 Å². The summed E-state index contributed by atoms with van der Waals surface area (Å²) in [4.78, 5) is 14.4. The Hall–Kier alpha value is -1.91. The van der Waals surface area contributed by atoms with Crippen LogP contribution in [0.25, 0.3) is 0 Å². The van der Waals surface area contributed by atoms with E-state index in [2.05, 4.69) is 6.92 Å². The fourth-order valence-corrected chi connectivity index (χ4v) is 2.51. The number of hydrogen-bond donors (Lipinski definition) is 1. The number of anilines is 1. The Labute approximate surface area is 119 Å². The van der Waals surface area contributed by atoms with Crippen molar-refractivity contribution in [3.63, 3.8) is 0 Å². The normalized spacial score (nSPS) is 16.1. The molecule has 1 amide bonds. The molecular weight excluding hydrogens is 256 g/mol. The Balaban J connectivity index is 2.24. The zero-order valence-corrected chi connectivity index (χ0v) is 12.3. The summed E-state index contributed by atoms with van der Waals surface area (Å²) in [6.07, 6.45) is 2.10. The largest absolute Gasteiger partial charge is 0.493 e. The number of piperidine rings is 1. The Morgan fingerprint density at radius 1 is 1.25 bits per heavy atom. The van der Waals surface area contributed by atoms with Gasteiger partial charge in [-0.3, -0.25) is 4.79 Å². The van der Waals surface area contributed by atoms with Crippen molar-refractivity contribution in [1.29, 1.82) is 0 Å². The van der Waals surface area contributed by atoms with Crippen LogP contribution in [-0.2, 0) is 0 Å². The first-order valence-corrected chi connectivity index (χ1v) is 6.87. The minimum atomic E-state index is 0.00422. The topological polar surface area (TPSA) is 64.8 Å². The van der Waals surface area contributed by atoms with Crippen LogP contribution in [0.5, 0.6) is 11.5 Å². The second-order valence-electron chi connectivity index (χ2n) is 5.28. The third kappa shape index (κ3) is 2.81. The van der Waals surface area contributed by atoms with Gasteiger partial charge >= 0.3 is 0 Å². The van der Waals surface area contributed by atoms with Gasteiger partial charge in [-0.2, -0.15) is 0 Å². The molecule has 2 rings (SSSR count).